The Morgan fingerprint density at radius 3 is 2.21 bits per heavy atom. The maximum absolute atomic E-state index is 10.5. The Morgan fingerprint density at radius 1 is 1.57 bits per heavy atom. The van der Waals surface area contributed by atoms with E-state index in [1.165, 1.54) is 0 Å². The van der Waals surface area contributed by atoms with Crippen LogP contribution < -0.4 is 5.73 Å². The molecule has 0 aromatic carbocycles. The van der Waals surface area contributed by atoms with Crippen LogP contribution in [0.3, 0.4) is 0 Å². The fraction of sp³-hybridized carbons (Fsp3) is 0.333. The summed E-state index contributed by atoms with van der Waals surface area (Å²) in [6.07, 6.45) is 0.833. The minimum atomic E-state index is -0.981. The third-order valence-electron chi connectivity index (χ3n) is 0.874. The highest BCUT2D eigenvalue weighted by molar-refractivity contribution is 5.86. The molecular formula is C9H15NO4. The molecule has 0 aliphatic carbocycles. The standard InChI is InChI=1S/C6H11NO2.C3H4O2/c1-5(2)6(8)9-4-3-7;1-2-3(4)5/h1,3-4,7H2,2H3;2H,1H2,(H,4,5). The number of rotatable bonds is 4. The monoisotopic (exact) mass is 201 g/mol. The van der Waals surface area contributed by atoms with E-state index in [1.54, 1.807) is 6.92 Å². The van der Waals surface area contributed by atoms with Crippen molar-refractivity contribution < 1.29 is 19.4 Å². The van der Waals surface area contributed by atoms with Crippen LogP contribution in [0.15, 0.2) is 24.8 Å². The van der Waals surface area contributed by atoms with Gasteiger partial charge in [-0.2, -0.15) is 0 Å². The first-order valence-electron chi connectivity index (χ1n) is 3.83. The van der Waals surface area contributed by atoms with Gasteiger partial charge in [-0.05, 0) is 6.92 Å². The van der Waals surface area contributed by atoms with Crippen molar-refractivity contribution in [3.63, 3.8) is 0 Å². The number of hydrogen-bond acceptors (Lipinski definition) is 4. The second-order valence-electron chi connectivity index (χ2n) is 2.25. The van der Waals surface area contributed by atoms with Gasteiger partial charge in [-0.3, -0.25) is 0 Å². The number of nitrogens with two attached hydrogens (primary N) is 1. The van der Waals surface area contributed by atoms with Crippen molar-refractivity contribution in [2.75, 3.05) is 13.2 Å². The number of ether oxygens (including phenoxy) is 1. The van der Waals surface area contributed by atoms with Crippen LogP contribution in [0.5, 0.6) is 0 Å². The maximum Gasteiger partial charge on any atom is 0.333 e. The van der Waals surface area contributed by atoms with Gasteiger partial charge < -0.3 is 15.6 Å². The predicted molar refractivity (Wildman–Crippen MR) is 52.7 cm³/mol. The molecule has 0 unspecified atom stereocenters. The van der Waals surface area contributed by atoms with E-state index in [1.807, 2.05) is 0 Å². The topological polar surface area (TPSA) is 89.6 Å². The Bertz CT molecular complexity index is 223. The highest BCUT2D eigenvalue weighted by Crippen LogP contribution is 1.89. The average Bonchev–Trinajstić information content (AvgIpc) is 2.14. The molecule has 0 saturated heterocycles. The van der Waals surface area contributed by atoms with Crippen LogP contribution >= 0.6 is 0 Å². The second kappa shape index (κ2) is 9.47. The quantitative estimate of drug-likeness (QED) is 0.505. The van der Waals surface area contributed by atoms with E-state index in [9.17, 15) is 9.59 Å². The number of carboxylic acid groups (broad SMARTS) is 1. The van der Waals surface area contributed by atoms with Crippen LogP contribution in [0.1, 0.15) is 6.92 Å². The number of carboxylic acids is 1. The molecule has 5 heteroatoms. The van der Waals surface area contributed by atoms with E-state index >= 15 is 0 Å². The van der Waals surface area contributed by atoms with Crippen LogP contribution in [0, 0.1) is 0 Å². The van der Waals surface area contributed by atoms with Crippen molar-refractivity contribution in [2.45, 2.75) is 6.92 Å². The Labute approximate surface area is 82.9 Å². The first-order chi connectivity index (χ1) is 6.45. The number of hydrogen-bond donors (Lipinski definition) is 2. The van der Waals surface area contributed by atoms with Gasteiger partial charge in [-0.1, -0.05) is 13.2 Å². The SMILES string of the molecule is C=C(C)C(=O)OCCN.C=CC(=O)O. The molecule has 0 spiro atoms. The largest absolute Gasteiger partial charge is 0.478 e. The molecule has 5 nitrogen and oxygen atoms in total. The summed E-state index contributed by atoms with van der Waals surface area (Å²) >= 11 is 0. The zero-order valence-corrected chi connectivity index (χ0v) is 8.16. The van der Waals surface area contributed by atoms with Crippen molar-refractivity contribution in [3.05, 3.63) is 24.8 Å². The summed E-state index contributed by atoms with van der Waals surface area (Å²) in [7, 11) is 0. The van der Waals surface area contributed by atoms with Crippen molar-refractivity contribution >= 4 is 11.9 Å². The summed E-state index contributed by atoms with van der Waals surface area (Å²) in [5.74, 6) is -1.36. The number of esters is 1. The minimum Gasteiger partial charge on any atom is -0.478 e. The summed E-state index contributed by atoms with van der Waals surface area (Å²) in [6, 6.07) is 0. The lowest BCUT2D eigenvalue weighted by Gasteiger charge is -1.99. The van der Waals surface area contributed by atoms with Crippen LogP contribution in [0.4, 0.5) is 0 Å². The molecule has 0 rings (SSSR count). The molecule has 0 saturated carbocycles. The molecule has 0 fully saturated rings. The van der Waals surface area contributed by atoms with Crippen LogP contribution in [0.2, 0.25) is 0 Å². The van der Waals surface area contributed by atoms with Crippen LogP contribution in [0.25, 0.3) is 0 Å². The van der Waals surface area contributed by atoms with E-state index in [0.29, 0.717) is 12.1 Å². The molecule has 0 bridgehead atoms. The van der Waals surface area contributed by atoms with Gasteiger partial charge in [-0.15, -0.1) is 0 Å². The molecule has 0 aliphatic heterocycles. The van der Waals surface area contributed by atoms with Gasteiger partial charge >= 0.3 is 11.9 Å². The minimum absolute atomic E-state index is 0.270. The summed E-state index contributed by atoms with van der Waals surface area (Å²) in [5.41, 5.74) is 5.48. The van der Waals surface area contributed by atoms with Gasteiger partial charge in [-0.25, -0.2) is 9.59 Å². The second-order valence-corrected chi connectivity index (χ2v) is 2.25. The van der Waals surface area contributed by atoms with E-state index < -0.39 is 5.97 Å². The number of aliphatic carboxylic acids is 1. The summed E-state index contributed by atoms with van der Waals surface area (Å²) in [5, 5.41) is 7.60. The zero-order valence-electron chi connectivity index (χ0n) is 8.16. The van der Waals surface area contributed by atoms with Gasteiger partial charge in [0, 0.05) is 18.2 Å². The Balaban J connectivity index is 0. The van der Waals surface area contributed by atoms with Crippen molar-refractivity contribution in [2.24, 2.45) is 5.73 Å². The third-order valence-corrected chi connectivity index (χ3v) is 0.874. The zero-order chi connectivity index (χ0) is 11.6. The Kier molecular flexibility index (Phi) is 10.1. The fourth-order valence-electron chi connectivity index (χ4n) is 0.275. The molecule has 0 aromatic rings. The average molecular weight is 201 g/mol. The molecule has 0 heterocycles. The predicted octanol–water partition coefficient (Wildman–Crippen LogP) is 0.321. The van der Waals surface area contributed by atoms with Gasteiger partial charge in [0.2, 0.25) is 0 Å². The summed E-state index contributed by atoms with van der Waals surface area (Å²) < 4.78 is 4.59. The molecule has 0 atom stereocenters. The molecule has 0 amide bonds. The van der Waals surface area contributed by atoms with E-state index in [0.717, 1.165) is 6.08 Å². The molecule has 0 aliphatic rings. The van der Waals surface area contributed by atoms with Crippen molar-refractivity contribution in [1.82, 2.24) is 0 Å². The summed E-state index contributed by atoms with van der Waals surface area (Å²) in [4.78, 5) is 19.8. The molecule has 80 valence electrons. The fourth-order valence-corrected chi connectivity index (χ4v) is 0.275. The van der Waals surface area contributed by atoms with Gasteiger partial charge in [0.25, 0.3) is 0 Å². The van der Waals surface area contributed by atoms with Gasteiger partial charge in [0.15, 0.2) is 0 Å². The highest BCUT2D eigenvalue weighted by Gasteiger charge is 1.99. The van der Waals surface area contributed by atoms with Gasteiger partial charge in [0.05, 0.1) is 0 Å². The maximum atomic E-state index is 10.5. The van der Waals surface area contributed by atoms with E-state index in [4.69, 9.17) is 10.8 Å². The Hall–Kier alpha value is -1.62. The highest BCUT2D eigenvalue weighted by atomic mass is 16.5. The molecular weight excluding hydrogens is 186 g/mol. The molecule has 3 N–H and O–H groups in total. The smallest absolute Gasteiger partial charge is 0.333 e. The number of carbonyl (C=O) groups excluding carboxylic acids is 1. The van der Waals surface area contributed by atoms with E-state index in [2.05, 4.69) is 17.9 Å². The third kappa shape index (κ3) is 13.0. The van der Waals surface area contributed by atoms with E-state index in [-0.39, 0.29) is 12.6 Å². The number of carbonyl (C=O) groups is 2. The van der Waals surface area contributed by atoms with Crippen molar-refractivity contribution in [1.29, 1.82) is 0 Å². The Morgan fingerprint density at radius 2 is 2.00 bits per heavy atom. The van der Waals surface area contributed by atoms with Gasteiger partial charge in [0.1, 0.15) is 6.61 Å². The normalized spacial score (nSPS) is 7.86. The van der Waals surface area contributed by atoms with Crippen molar-refractivity contribution in [3.8, 4) is 0 Å². The lowest BCUT2D eigenvalue weighted by molar-refractivity contribution is -0.138. The summed E-state index contributed by atoms with van der Waals surface area (Å²) in [6.45, 7) is 8.58. The lowest BCUT2D eigenvalue weighted by atomic mass is 10.4. The molecule has 0 radical (unpaired) electrons. The van der Waals surface area contributed by atoms with Crippen LogP contribution in [-0.4, -0.2) is 30.2 Å². The lowest BCUT2D eigenvalue weighted by Crippen LogP contribution is -2.13. The molecule has 0 aromatic heterocycles. The first kappa shape index (κ1) is 14.9. The molecule has 14 heavy (non-hydrogen) atoms. The first-order valence-corrected chi connectivity index (χ1v) is 3.83. The van der Waals surface area contributed by atoms with Crippen LogP contribution in [-0.2, 0) is 14.3 Å².